The third-order valence-electron chi connectivity index (χ3n) is 2.80. The molecule has 0 bridgehead atoms. The molecule has 4 N–H and O–H groups in total. The van der Waals surface area contributed by atoms with Crippen LogP contribution in [0, 0.1) is 0 Å². The van der Waals surface area contributed by atoms with E-state index in [4.69, 9.17) is 28.9 Å². The van der Waals surface area contributed by atoms with Gasteiger partial charge in [-0.2, -0.15) is 0 Å². The molecular weight excluding hydrogens is 325 g/mol. The quantitative estimate of drug-likeness (QED) is 0.801. The van der Waals surface area contributed by atoms with E-state index < -0.39 is 0 Å². The third-order valence-corrected chi connectivity index (χ3v) is 3.46. The Kier molecular flexibility index (Phi) is 5.38. The topological polar surface area (TPSA) is 84.2 Å². The summed E-state index contributed by atoms with van der Waals surface area (Å²) >= 11 is 12.0. The lowest BCUT2D eigenvalue weighted by Gasteiger charge is -2.10. The maximum absolute atomic E-state index is 12.2. The van der Waals surface area contributed by atoms with Crippen LogP contribution in [0.4, 0.5) is 11.4 Å². The van der Waals surface area contributed by atoms with Gasteiger partial charge in [-0.15, -0.1) is 0 Å². The molecule has 0 unspecified atom stereocenters. The van der Waals surface area contributed by atoms with Crippen molar-refractivity contribution in [3.05, 3.63) is 58.1 Å². The summed E-state index contributed by atoms with van der Waals surface area (Å²) in [7, 11) is 0. The predicted molar refractivity (Wildman–Crippen MR) is 88.5 cm³/mol. The normalized spacial score (nSPS) is 10.1. The van der Waals surface area contributed by atoms with Gasteiger partial charge in [0.15, 0.2) is 0 Å². The first-order valence-corrected chi connectivity index (χ1v) is 7.12. The lowest BCUT2D eigenvalue weighted by Crippen LogP contribution is -2.22. The SMILES string of the molecule is NCC(=O)Nc1cc(NC(=O)c2ccccc2Cl)ccc1Cl. The summed E-state index contributed by atoms with van der Waals surface area (Å²) in [4.78, 5) is 23.5. The Morgan fingerprint density at radius 1 is 1.00 bits per heavy atom. The lowest BCUT2D eigenvalue weighted by atomic mass is 10.2. The Morgan fingerprint density at radius 3 is 2.41 bits per heavy atom. The molecule has 0 aromatic heterocycles. The minimum atomic E-state index is -0.378. The summed E-state index contributed by atoms with van der Waals surface area (Å²) in [6, 6.07) is 11.4. The number of nitrogens with two attached hydrogens (primary N) is 1. The molecule has 22 heavy (non-hydrogen) atoms. The predicted octanol–water partition coefficient (Wildman–Crippen LogP) is 3.14. The van der Waals surface area contributed by atoms with Crippen LogP contribution in [0.3, 0.4) is 0 Å². The van der Waals surface area contributed by atoms with Crippen molar-refractivity contribution < 1.29 is 9.59 Å². The maximum atomic E-state index is 12.2. The Hall–Kier alpha value is -2.08. The molecule has 0 aliphatic carbocycles. The van der Waals surface area contributed by atoms with Crippen molar-refractivity contribution in [3.8, 4) is 0 Å². The average molecular weight is 338 g/mol. The fourth-order valence-electron chi connectivity index (χ4n) is 1.74. The summed E-state index contributed by atoms with van der Waals surface area (Å²) in [5, 5.41) is 5.94. The van der Waals surface area contributed by atoms with Gasteiger partial charge in [-0.25, -0.2) is 0 Å². The number of halogens is 2. The highest BCUT2D eigenvalue weighted by molar-refractivity contribution is 6.35. The monoisotopic (exact) mass is 337 g/mol. The Balaban J connectivity index is 2.20. The zero-order chi connectivity index (χ0) is 16.1. The Labute approximate surface area is 137 Å². The van der Waals surface area contributed by atoms with Crippen LogP contribution in [-0.4, -0.2) is 18.4 Å². The fraction of sp³-hybridized carbons (Fsp3) is 0.0667. The van der Waals surface area contributed by atoms with E-state index in [1.54, 1.807) is 42.5 Å². The second-order valence-corrected chi connectivity index (χ2v) is 5.20. The first-order valence-electron chi connectivity index (χ1n) is 6.36. The van der Waals surface area contributed by atoms with Crippen LogP contribution in [0.5, 0.6) is 0 Å². The van der Waals surface area contributed by atoms with Crippen molar-refractivity contribution in [2.75, 3.05) is 17.2 Å². The molecule has 0 spiro atoms. The number of amides is 2. The van der Waals surface area contributed by atoms with E-state index in [2.05, 4.69) is 10.6 Å². The molecule has 0 saturated carbocycles. The third kappa shape index (κ3) is 3.98. The van der Waals surface area contributed by atoms with Gasteiger partial charge in [0.05, 0.1) is 27.8 Å². The number of rotatable bonds is 4. The van der Waals surface area contributed by atoms with Crippen molar-refractivity contribution >= 4 is 46.4 Å². The molecule has 0 heterocycles. The Morgan fingerprint density at radius 2 is 1.73 bits per heavy atom. The first kappa shape index (κ1) is 16.3. The largest absolute Gasteiger partial charge is 0.324 e. The molecule has 5 nitrogen and oxygen atoms in total. The molecule has 0 aliphatic heterocycles. The molecule has 114 valence electrons. The summed E-state index contributed by atoms with van der Waals surface area (Å²) in [5.74, 6) is -0.736. The van der Waals surface area contributed by atoms with Crippen LogP contribution in [-0.2, 0) is 4.79 Å². The summed E-state index contributed by atoms with van der Waals surface area (Å²) in [5.41, 5.74) is 6.44. The van der Waals surface area contributed by atoms with Gasteiger partial charge >= 0.3 is 0 Å². The molecule has 0 radical (unpaired) electrons. The summed E-state index contributed by atoms with van der Waals surface area (Å²) in [6.07, 6.45) is 0. The van der Waals surface area contributed by atoms with E-state index in [0.717, 1.165) is 0 Å². The number of hydrogen-bond acceptors (Lipinski definition) is 3. The molecule has 0 atom stereocenters. The highest BCUT2D eigenvalue weighted by Gasteiger charge is 2.11. The number of carbonyl (C=O) groups excluding carboxylic acids is 2. The highest BCUT2D eigenvalue weighted by atomic mass is 35.5. The van der Waals surface area contributed by atoms with Gasteiger partial charge < -0.3 is 16.4 Å². The van der Waals surface area contributed by atoms with E-state index in [0.29, 0.717) is 27.0 Å². The van der Waals surface area contributed by atoms with E-state index in [1.807, 2.05) is 0 Å². The van der Waals surface area contributed by atoms with Gasteiger partial charge in [0.2, 0.25) is 5.91 Å². The number of carbonyl (C=O) groups is 2. The minimum Gasteiger partial charge on any atom is -0.324 e. The standard InChI is InChI=1S/C15H13Cl2N3O2/c16-11-4-2-1-3-10(11)15(22)19-9-5-6-12(17)13(7-9)20-14(21)8-18/h1-7H,8,18H2,(H,19,22)(H,20,21). The molecule has 2 aromatic rings. The fourth-order valence-corrected chi connectivity index (χ4v) is 2.13. The number of hydrogen-bond donors (Lipinski definition) is 3. The van der Waals surface area contributed by atoms with Gasteiger partial charge in [0.25, 0.3) is 5.91 Å². The minimum absolute atomic E-state index is 0.160. The molecular formula is C15H13Cl2N3O2. The van der Waals surface area contributed by atoms with Gasteiger partial charge in [-0.05, 0) is 30.3 Å². The second-order valence-electron chi connectivity index (χ2n) is 4.38. The van der Waals surface area contributed by atoms with Crippen LogP contribution in [0.1, 0.15) is 10.4 Å². The van der Waals surface area contributed by atoms with Gasteiger partial charge in [-0.3, -0.25) is 9.59 Å². The number of anilines is 2. The second kappa shape index (κ2) is 7.26. The molecule has 2 aromatic carbocycles. The highest BCUT2D eigenvalue weighted by Crippen LogP contribution is 2.26. The first-order chi connectivity index (χ1) is 10.5. The maximum Gasteiger partial charge on any atom is 0.257 e. The van der Waals surface area contributed by atoms with Gasteiger partial charge in [0.1, 0.15) is 0 Å². The zero-order valence-corrected chi connectivity index (χ0v) is 12.9. The summed E-state index contributed by atoms with van der Waals surface area (Å²) < 4.78 is 0. The van der Waals surface area contributed by atoms with Crippen LogP contribution in [0.2, 0.25) is 10.0 Å². The van der Waals surface area contributed by atoms with E-state index >= 15 is 0 Å². The molecule has 0 aliphatic rings. The van der Waals surface area contributed by atoms with Crippen molar-refractivity contribution in [2.45, 2.75) is 0 Å². The van der Waals surface area contributed by atoms with Crippen molar-refractivity contribution in [2.24, 2.45) is 5.73 Å². The molecule has 2 rings (SSSR count). The van der Waals surface area contributed by atoms with Gasteiger partial charge in [0, 0.05) is 5.69 Å². The van der Waals surface area contributed by atoms with Crippen LogP contribution >= 0.6 is 23.2 Å². The molecule has 7 heteroatoms. The van der Waals surface area contributed by atoms with Crippen LogP contribution in [0.25, 0.3) is 0 Å². The van der Waals surface area contributed by atoms with Crippen molar-refractivity contribution in [1.82, 2.24) is 0 Å². The average Bonchev–Trinajstić information content (AvgIpc) is 2.50. The number of nitrogens with one attached hydrogen (secondary N) is 2. The van der Waals surface area contributed by atoms with Gasteiger partial charge in [-0.1, -0.05) is 35.3 Å². The molecule has 0 fully saturated rings. The number of benzene rings is 2. The summed E-state index contributed by atoms with van der Waals surface area (Å²) in [6.45, 7) is -0.160. The van der Waals surface area contributed by atoms with Crippen LogP contribution in [0.15, 0.2) is 42.5 Å². The lowest BCUT2D eigenvalue weighted by molar-refractivity contribution is -0.114. The molecule has 0 saturated heterocycles. The van der Waals surface area contributed by atoms with Crippen molar-refractivity contribution in [3.63, 3.8) is 0 Å². The smallest absolute Gasteiger partial charge is 0.257 e. The van der Waals surface area contributed by atoms with E-state index in [1.165, 1.54) is 0 Å². The Bertz CT molecular complexity index is 720. The zero-order valence-electron chi connectivity index (χ0n) is 11.4. The van der Waals surface area contributed by atoms with E-state index in [9.17, 15) is 9.59 Å². The van der Waals surface area contributed by atoms with Crippen LogP contribution < -0.4 is 16.4 Å². The molecule has 2 amide bonds. The van der Waals surface area contributed by atoms with Crippen molar-refractivity contribution in [1.29, 1.82) is 0 Å². The van der Waals surface area contributed by atoms with E-state index in [-0.39, 0.29) is 18.4 Å².